The Labute approximate surface area is 227 Å². The van der Waals surface area contributed by atoms with Gasteiger partial charge in [0, 0.05) is 25.2 Å². The zero-order valence-electron chi connectivity index (χ0n) is 21.4. The first kappa shape index (κ1) is 29.1. The van der Waals surface area contributed by atoms with E-state index in [1.807, 2.05) is 0 Å². The zero-order valence-corrected chi connectivity index (χ0v) is 22.3. The number of hydrogen-bond donors (Lipinski definition) is 2. The van der Waals surface area contributed by atoms with Crippen LogP contribution in [-0.4, -0.2) is 80.1 Å². The minimum absolute atomic E-state index is 0.0355. The lowest BCUT2D eigenvalue weighted by atomic mass is 9.79. The van der Waals surface area contributed by atoms with Crippen molar-refractivity contribution in [2.24, 2.45) is 17.8 Å². The van der Waals surface area contributed by atoms with E-state index in [1.54, 1.807) is 18.2 Å². The van der Waals surface area contributed by atoms with Gasteiger partial charge in [-0.25, -0.2) is 0 Å². The van der Waals surface area contributed by atoms with Crippen LogP contribution >= 0.6 is 0 Å². The summed E-state index contributed by atoms with van der Waals surface area (Å²) in [6.07, 6.45) is -7.21. The molecule has 1 aromatic carbocycles. The van der Waals surface area contributed by atoms with Gasteiger partial charge in [0.1, 0.15) is 6.54 Å². The van der Waals surface area contributed by atoms with Crippen LogP contribution in [0.25, 0.3) is 0 Å². The lowest BCUT2D eigenvalue weighted by Gasteiger charge is -2.33. The normalized spacial score (nSPS) is 28.9. The minimum atomic E-state index is -4.67. The predicted octanol–water partition coefficient (Wildman–Crippen LogP) is 2.79. The molecule has 2 aliphatic heterocycles. The average Bonchev–Trinajstić information content (AvgIpc) is 3.24. The number of benzene rings is 1. The van der Waals surface area contributed by atoms with E-state index in [4.69, 9.17) is 0 Å². The number of piperidine rings is 1. The Morgan fingerprint density at radius 2 is 1.60 bits per heavy atom. The van der Waals surface area contributed by atoms with Crippen molar-refractivity contribution >= 4 is 22.0 Å². The van der Waals surface area contributed by atoms with Crippen molar-refractivity contribution in [3.05, 3.63) is 34.9 Å². The molecule has 5 rings (SSSR count). The quantitative estimate of drug-likeness (QED) is 0.523. The lowest BCUT2D eigenvalue weighted by Crippen LogP contribution is -2.52. The van der Waals surface area contributed by atoms with Gasteiger partial charge in [-0.05, 0) is 73.6 Å². The van der Waals surface area contributed by atoms with Gasteiger partial charge >= 0.3 is 12.4 Å². The Hall–Kier alpha value is -2.39. The highest BCUT2D eigenvalue weighted by Gasteiger charge is 2.60. The fourth-order valence-electron chi connectivity index (χ4n) is 6.81. The van der Waals surface area contributed by atoms with Crippen molar-refractivity contribution in [1.82, 2.24) is 19.2 Å². The molecule has 0 radical (unpaired) electrons. The number of halogens is 6. The average molecular weight is 597 g/mol. The first-order valence-electron chi connectivity index (χ1n) is 13.2. The van der Waals surface area contributed by atoms with E-state index >= 15 is 0 Å². The summed E-state index contributed by atoms with van der Waals surface area (Å²) >= 11 is 0. The fourth-order valence-corrected chi connectivity index (χ4v) is 8.52. The molecular weight excluding hydrogens is 566 g/mol. The number of nitrogens with one attached hydrogen (secondary N) is 2. The van der Waals surface area contributed by atoms with Crippen LogP contribution in [0.4, 0.5) is 26.3 Å². The second-order valence-electron chi connectivity index (χ2n) is 11.3. The highest BCUT2D eigenvalue weighted by molar-refractivity contribution is 7.87. The van der Waals surface area contributed by atoms with Crippen molar-refractivity contribution in [2.45, 2.75) is 56.4 Å². The van der Waals surface area contributed by atoms with Crippen molar-refractivity contribution < 1.29 is 44.3 Å². The van der Waals surface area contributed by atoms with Gasteiger partial charge in [-0.2, -0.15) is 43.8 Å². The highest BCUT2D eigenvalue weighted by Crippen LogP contribution is 2.50. The topological polar surface area (TPSA) is 98.8 Å². The molecule has 2 heterocycles. The Balaban J connectivity index is 1.23. The van der Waals surface area contributed by atoms with Gasteiger partial charge < -0.3 is 10.2 Å². The van der Waals surface area contributed by atoms with Crippen LogP contribution in [0.3, 0.4) is 0 Å². The number of likely N-dealkylation sites (tertiary alicyclic amines) is 1. The van der Waals surface area contributed by atoms with E-state index in [1.165, 1.54) is 4.90 Å². The van der Waals surface area contributed by atoms with Crippen LogP contribution in [0.15, 0.2) is 18.2 Å². The number of amides is 2. The van der Waals surface area contributed by atoms with Gasteiger partial charge in [-0.3, -0.25) is 9.59 Å². The van der Waals surface area contributed by atoms with Crippen molar-refractivity contribution in [2.75, 3.05) is 32.7 Å². The predicted molar refractivity (Wildman–Crippen MR) is 130 cm³/mol. The Kier molecular flexibility index (Phi) is 7.39. The standard InChI is InChI=1S/C25H30F6N4O4S/c26-24(27,28)14-35-13-23(33-40(35,38)39)19-3-4-20(23)11-17-9-16(2-1-15(17)10-19)22(37)32-12-21(36)34-7-5-18(6-8-34)25(29,30)31/h1-2,9,18-20,33H,3-8,10-14H2,(H,32,37)/t19-,20+,23+/m0/s1. The van der Waals surface area contributed by atoms with E-state index in [-0.39, 0.29) is 56.4 Å². The second-order valence-corrected chi connectivity index (χ2v) is 12.9. The van der Waals surface area contributed by atoms with Gasteiger partial charge in [0.05, 0.1) is 18.0 Å². The first-order chi connectivity index (χ1) is 18.6. The molecule has 4 aliphatic rings. The minimum Gasteiger partial charge on any atom is -0.343 e. The first-order valence-corrected chi connectivity index (χ1v) is 14.6. The zero-order chi connectivity index (χ0) is 29.1. The molecule has 2 aliphatic carbocycles. The van der Waals surface area contributed by atoms with Crippen molar-refractivity contribution in [3.63, 3.8) is 0 Å². The maximum Gasteiger partial charge on any atom is 0.402 e. The SMILES string of the molecule is O=C(NCC(=O)N1CCC(C(F)(F)F)CC1)c1ccc2c(c1)C[C@H]1CC[C@@H](C2)[C@]12CN(CC(F)(F)F)S(=O)(=O)N2. The second kappa shape index (κ2) is 10.2. The molecule has 2 N–H and O–H groups in total. The Morgan fingerprint density at radius 3 is 2.20 bits per heavy atom. The number of alkyl halides is 6. The number of rotatable bonds is 4. The molecule has 2 amide bonds. The lowest BCUT2D eigenvalue weighted by molar-refractivity contribution is -0.186. The monoisotopic (exact) mass is 596 g/mol. The third-order valence-electron chi connectivity index (χ3n) is 8.88. The smallest absolute Gasteiger partial charge is 0.343 e. The molecule has 1 spiro atoms. The van der Waals surface area contributed by atoms with Crippen molar-refractivity contribution in [1.29, 1.82) is 0 Å². The number of nitrogens with zero attached hydrogens (tertiary/aromatic N) is 2. The van der Waals surface area contributed by atoms with Gasteiger partial charge in [0.25, 0.3) is 16.1 Å². The molecule has 2 saturated heterocycles. The van der Waals surface area contributed by atoms with Crippen LogP contribution < -0.4 is 10.0 Å². The van der Waals surface area contributed by atoms with Gasteiger partial charge in [-0.1, -0.05) is 6.07 Å². The summed E-state index contributed by atoms with van der Waals surface area (Å²) in [4.78, 5) is 26.6. The molecule has 8 nitrogen and oxygen atoms in total. The molecule has 1 saturated carbocycles. The highest BCUT2D eigenvalue weighted by atomic mass is 32.2. The third-order valence-corrected chi connectivity index (χ3v) is 10.5. The van der Waals surface area contributed by atoms with E-state index in [0.29, 0.717) is 30.0 Å². The molecule has 2 bridgehead atoms. The summed E-state index contributed by atoms with van der Waals surface area (Å²) in [7, 11) is -4.31. The molecule has 0 unspecified atom stereocenters. The third kappa shape index (κ3) is 5.69. The summed E-state index contributed by atoms with van der Waals surface area (Å²) in [5.41, 5.74) is 0.922. The Bertz CT molecular complexity index is 1280. The van der Waals surface area contributed by atoms with Crippen LogP contribution in [0.1, 0.15) is 47.2 Å². The molecule has 15 heteroatoms. The van der Waals surface area contributed by atoms with Gasteiger partial charge in [0.2, 0.25) is 5.91 Å². The summed E-state index contributed by atoms with van der Waals surface area (Å²) in [6, 6.07) is 4.99. The fraction of sp³-hybridized carbons (Fsp3) is 0.680. The largest absolute Gasteiger partial charge is 0.402 e. The van der Waals surface area contributed by atoms with Crippen molar-refractivity contribution in [3.8, 4) is 0 Å². The Morgan fingerprint density at radius 1 is 0.975 bits per heavy atom. The maximum atomic E-state index is 13.1. The number of carbonyl (C=O) groups excluding carboxylic acids is 2. The van der Waals surface area contributed by atoms with E-state index in [2.05, 4.69) is 10.0 Å². The van der Waals surface area contributed by atoms with Crippen LogP contribution in [0.2, 0.25) is 0 Å². The van der Waals surface area contributed by atoms with E-state index in [9.17, 15) is 44.3 Å². The van der Waals surface area contributed by atoms with Gasteiger partial charge in [-0.15, -0.1) is 0 Å². The molecule has 1 aromatic rings. The molecule has 3 fully saturated rings. The summed E-state index contributed by atoms with van der Waals surface area (Å²) in [5.74, 6) is -2.91. The summed E-state index contributed by atoms with van der Waals surface area (Å²) in [5, 5.41) is 2.52. The summed E-state index contributed by atoms with van der Waals surface area (Å²) < 4.78 is 106. The molecule has 222 valence electrons. The summed E-state index contributed by atoms with van der Waals surface area (Å²) in [6.45, 7) is -2.26. The number of fused-ring (bicyclic) bond motifs is 1. The number of hydrogen-bond acceptors (Lipinski definition) is 4. The van der Waals surface area contributed by atoms with Crippen LogP contribution in [0, 0.1) is 17.8 Å². The van der Waals surface area contributed by atoms with E-state index in [0.717, 1.165) is 11.1 Å². The molecule has 40 heavy (non-hydrogen) atoms. The number of carbonyl (C=O) groups is 2. The van der Waals surface area contributed by atoms with Gasteiger partial charge in [0.15, 0.2) is 0 Å². The van der Waals surface area contributed by atoms with E-state index < -0.39 is 52.4 Å². The molecule has 0 aromatic heterocycles. The maximum absolute atomic E-state index is 13.1. The van der Waals surface area contributed by atoms with Crippen LogP contribution in [0.5, 0.6) is 0 Å². The van der Waals surface area contributed by atoms with Crippen LogP contribution in [-0.2, 0) is 27.8 Å². The molecule has 3 atom stereocenters. The molecular formula is C25H30F6N4O4S.